The molecule has 2 aromatic rings. The third-order valence-electron chi connectivity index (χ3n) is 6.12. The summed E-state index contributed by atoms with van der Waals surface area (Å²) in [5.41, 5.74) is 1.76. The molecule has 1 fully saturated rings. The molecule has 4 rings (SSSR count). The molecule has 10 heteroatoms. The van der Waals surface area contributed by atoms with Gasteiger partial charge in [-0.2, -0.15) is 0 Å². The molecular formula is C26H33ClN4O5. The third kappa shape index (κ3) is 6.08. The molecule has 0 bridgehead atoms. The Morgan fingerprint density at radius 1 is 1.22 bits per heavy atom. The maximum Gasteiger partial charge on any atom is 0.417 e. The zero-order valence-electron chi connectivity index (χ0n) is 20.9. The number of hydrogen-bond donors (Lipinski definition) is 2. The number of aromatic nitrogens is 1. The molecule has 0 unspecified atom stereocenters. The highest BCUT2D eigenvalue weighted by Crippen LogP contribution is 2.36. The lowest BCUT2D eigenvalue weighted by Crippen LogP contribution is -2.37. The maximum atomic E-state index is 13.1. The van der Waals surface area contributed by atoms with Gasteiger partial charge >= 0.3 is 6.09 Å². The summed E-state index contributed by atoms with van der Waals surface area (Å²) in [7, 11) is 0. The van der Waals surface area contributed by atoms with E-state index in [9.17, 15) is 9.59 Å². The van der Waals surface area contributed by atoms with Gasteiger partial charge in [0, 0.05) is 36.9 Å². The third-order valence-corrected chi connectivity index (χ3v) is 6.47. The molecule has 0 saturated carbocycles. The predicted octanol–water partition coefficient (Wildman–Crippen LogP) is 4.74. The fourth-order valence-electron chi connectivity index (χ4n) is 4.34. The fraction of sp³-hybridized carbons (Fsp3) is 0.500. The van der Waals surface area contributed by atoms with E-state index in [0.29, 0.717) is 40.7 Å². The van der Waals surface area contributed by atoms with Crippen molar-refractivity contribution in [1.82, 2.24) is 9.88 Å². The van der Waals surface area contributed by atoms with E-state index >= 15 is 0 Å². The van der Waals surface area contributed by atoms with E-state index < -0.39 is 17.6 Å². The number of anilines is 3. The average Bonchev–Trinajstić information content (AvgIpc) is 3.19. The molecule has 36 heavy (non-hydrogen) atoms. The zero-order valence-corrected chi connectivity index (χ0v) is 21.7. The fourth-order valence-corrected chi connectivity index (χ4v) is 4.55. The normalized spacial score (nSPS) is 16.3. The van der Waals surface area contributed by atoms with Gasteiger partial charge < -0.3 is 24.8 Å². The maximum absolute atomic E-state index is 13.1. The number of nitrogens with one attached hydrogen (secondary N) is 1. The standard InChI is InChI=1S/C26H33ClN4O5/c1-26(2,3)36-25(34)31-16-19-20(27)6-7-21(23(19)24(31)33)29-22-8-5-17(15-28-22)30-11-9-18(10-12-30)35-14-4-13-32/h5-8,15,18,32H,4,9-14,16H2,1-3H3,(H,28,29). The number of nitrogens with zero attached hydrogens (tertiary/aromatic N) is 3. The number of aliphatic hydroxyl groups excluding tert-OH is 1. The van der Waals surface area contributed by atoms with E-state index in [1.54, 1.807) is 39.1 Å². The summed E-state index contributed by atoms with van der Waals surface area (Å²) < 4.78 is 11.2. The van der Waals surface area contributed by atoms with Crippen LogP contribution in [-0.2, 0) is 16.0 Å². The summed E-state index contributed by atoms with van der Waals surface area (Å²) in [6, 6.07) is 7.28. The number of piperidine rings is 1. The van der Waals surface area contributed by atoms with Crippen molar-refractivity contribution in [1.29, 1.82) is 0 Å². The van der Waals surface area contributed by atoms with Crippen LogP contribution in [0.2, 0.25) is 5.02 Å². The highest BCUT2D eigenvalue weighted by molar-refractivity contribution is 6.32. The van der Waals surface area contributed by atoms with Crippen LogP contribution in [0, 0.1) is 0 Å². The van der Waals surface area contributed by atoms with Gasteiger partial charge in [0.15, 0.2) is 0 Å². The lowest BCUT2D eigenvalue weighted by atomic mass is 10.1. The minimum atomic E-state index is -0.717. The molecule has 2 amide bonds. The molecule has 3 heterocycles. The number of pyridine rings is 1. The van der Waals surface area contributed by atoms with E-state index in [1.165, 1.54) is 0 Å². The van der Waals surface area contributed by atoms with Crippen LogP contribution >= 0.6 is 11.6 Å². The Balaban J connectivity index is 1.42. The largest absolute Gasteiger partial charge is 0.443 e. The Hall–Kier alpha value is -2.88. The average molecular weight is 517 g/mol. The van der Waals surface area contributed by atoms with Crippen molar-refractivity contribution in [3.8, 4) is 0 Å². The molecule has 0 atom stereocenters. The van der Waals surface area contributed by atoms with Gasteiger partial charge in [-0.1, -0.05) is 11.6 Å². The number of benzene rings is 1. The Morgan fingerprint density at radius 2 is 1.97 bits per heavy atom. The summed E-state index contributed by atoms with van der Waals surface area (Å²) in [4.78, 5) is 33.6. The van der Waals surface area contributed by atoms with Crippen molar-refractivity contribution >= 4 is 40.8 Å². The summed E-state index contributed by atoms with van der Waals surface area (Å²) in [5.74, 6) is 0.124. The van der Waals surface area contributed by atoms with Gasteiger partial charge in [0.2, 0.25) is 0 Å². The predicted molar refractivity (Wildman–Crippen MR) is 138 cm³/mol. The molecule has 194 valence electrons. The van der Waals surface area contributed by atoms with E-state index in [1.807, 2.05) is 12.1 Å². The van der Waals surface area contributed by atoms with Crippen LogP contribution in [-0.4, -0.2) is 65.0 Å². The number of carbonyl (C=O) groups is 2. The first-order valence-electron chi connectivity index (χ1n) is 12.2. The summed E-state index contributed by atoms with van der Waals surface area (Å²) in [6.45, 7) is 7.81. The second kappa shape index (κ2) is 11.0. The number of carbonyl (C=O) groups excluding carboxylic acids is 2. The zero-order chi connectivity index (χ0) is 25.9. The Kier molecular flexibility index (Phi) is 8.02. The first-order chi connectivity index (χ1) is 17.2. The number of aliphatic hydroxyl groups is 1. The van der Waals surface area contributed by atoms with Crippen molar-refractivity contribution < 1.29 is 24.2 Å². The van der Waals surface area contributed by atoms with Gasteiger partial charge in [0.25, 0.3) is 5.91 Å². The number of fused-ring (bicyclic) bond motifs is 1. The molecule has 1 aromatic carbocycles. The minimum Gasteiger partial charge on any atom is -0.443 e. The topological polar surface area (TPSA) is 104 Å². The van der Waals surface area contributed by atoms with Crippen molar-refractivity contribution in [3.05, 3.63) is 46.6 Å². The minimum absolute atomic E-state index is 0.0590. The van der Waals surface area contributed by atoms with E-state index in [0.717, 1.165) is 36.5 Å². The number of imide groups is 1. The van der Waals surface area contributed by atoms with Crippen molar-refractivity contribution in [2.24, 2.45) is 0 Å². The van der Waals surface area contributed by atoms with Crippen LogP contribution in [0.3, 0.4) is 0 Å². The van der Waals surface area contributed by atoms with Gasteiger partial charge in [-0.15, -0.1) is 0 Å². The van der Waals surface area contributed by atoms with Crippen LogP contribution < -0.4 is 10.2 Å². The van der Waals surface area contributed by atoms with Gasteiger partial charge in [0.05, 0.1) is 35.8 Å². The van der Waals surface area contributed by atoms with Crippen LogP contribution in [0.15, 0.2) is 30.5 Å². The highest BCUT2D eigenvalue weighted by atomic mass is 35.5. The van der Waals surface area contributed by atoms with Gasteiger partial charge in [-0.05, 0) is 64.3 Å². The molecule has 9 nitrogen and oxygen atoms in total. The van der Waals surface area contributed by atoms with Crippen molar-refractivity contribution in [3.63, 3.8) is 0 Å². The van der Waals surface area contributed by atoms with E-state index in [2.05, 4.69) is 15.2 Å². The first-order valence-corrected chi connectivity index (χ1v) is 12.6. The molecule has 1 saturated heterocycles. The molecule has 1 aromatic heterocycles. The molecule has 2 N–H and O–H groups in total. The Bertz CT molecular complexity index is 1090. The Labute approximate surface area is 216 Å². The summed E-state index contributed by atoms with van der Waals surface area (Å²) in [6.07, 6.45) is 3.86. The quantitative estimate of drug-likeness (QED) is 0.509. The number of hydrogen-bond acceptors (Lipinski definition) is 8. The lowest BCUT2D eigenvalue weighted by molar-refractivity contribution is 0.0247. The van der Waals surface area contributed by atoms with E-state index in [-0.39, 0.29) is 19.3 Å². The van der Waals surface area contributed by atoms with Crippen molar-refractivity contribution in [2.45, 2.75) is 58.3 Å². The number of rotatable bonds is 7. The number of amides is 2. The number of ether oxygens (including phenoxy) is 2. The highest BCUT2D eigenvalue weighted by Gasteiger charge is 2.38. The van der Waals surface area contributed by atoms with Crippen LogP contribution in [0.1, 0.15) is 56.0 Å². The number of halogens is 1. The summed E-state index contributed by atoms with van der Waals surface area (Å²) >= 11 is 6.37. The van der Waals surface area contributed by atoms with Crippen molar-refractivity contribution in [2.75, 3.05) is 36.5 Å². The second-order valence-corrected chi connectivity index (χ2v) is 10.4. The van der Waals surface area contributed by atoms with Crippen LogP contribution in [0.25, 0.3) is 0 Å². The van der Waals surface area contributed by atoms with Gasteiger partial charge in [-0.25, -0.2) is 14.7 Å². The molecule has 0 spiro atoms. The molecule has 0 aliphatic carbocycles. The van der Waals surface area contributed by atoms with Crippen LogP contribution in [0.4, 0.5) is 22.0 Å². The van der Waals surface area contributed by atoms with E-state index in [4.69, 9.17) is 26.2 Å². The first kappa shape index (κ1) is 26.2. The second-order valence-electron chi connectivity index (χ2n) is 9.98. The van der Waals surface area contributed by atoms with Crippen LogP contribution in [0.5, 0.6) is 0 Å². The van der Waals surface area contributed by atoms with Gasteiger partial charge in [0.1, 0.15) is 11.4 Å². The van der Waals surface area contributed by atoms with Gasteiger partial charge in [-0.3, -0.25) is 4.79 Å². The molecule has 0 radical (unpaired) electrons. The SMILES string of the molecule is CC(C)(C)OC(=O)N1Cc2c(Cl)ccc(Nc3ccc(N4CCC(OCCCO)CC4)cn3)c2C1=O. The molecule has 2 aliphatic heterocycles. The lowest BCUT2D eigenvalue weighted by Gasteiger charge is -2.33. The molecular weight excluding hydrogens is 484 g/mol. The monoisotopic (exact) mass is 516 g/mol. The molecule has 2 aliphatic rings. The smallest absolute Gasteiger partial charge is 0.417 e. The summed E-state index contributed by atoms with van der Waals surface area (Å²) in [5, 5.41) is 12.5. The Morgan fingerprint density at radius 3 is 2.61 bits per heavy atom.